The second kappa shape index (κ2) is 6.78. The molecule has 0 aliphatic rings. The minimum Gasteiger partial charge on any atom is -0.397 e. The molecular weight excluding hydrogens is 304 g/mol. The summed E-state index contributed by atoms with van der Waals surface area (Å²) in [6.45, 7) is 1.42. The van der Waals surface area contributed by atoms with Crippen LogP contribution in [0, 0.1) is 0 Å². The third-order valence-electron chi connectivity index (χ3n) is 2.82. The number of amides is 1. The highest BCUT2D eigenvalue weighted by atomic mass is 32.2. The zero-order chi connectivity index (χ0) is 15.4. The minimum atomic E-state index is -1.29. The molecule has 0 spiro atoms. The summed E-state index contributed by atoms with van der Waals surface area (Å²) in [6, 6.07) is 12.6. The van der Waals surface area contributed by atoms with Crippen LogP contribution in [0.5, 0.6) is 0 Å². The Kier molecular flexibility index (Phi) is 5.03. The first-order valence-corrected chi connectivity index (χ1v) is 8.61. The van der Waals surface area contributed by atoms with Crippen molar-refractivity contribution in [2.75, 3.05) is 17.3 Å². The van der Waals surface area contributed by atoms with Gasteiger partial charge in [0.15, 0.2) is 0 Å². The molecule has 1 atom stereocenters. The quantitative estimate of drug-likeness (QED) is 0.670. The molecule has 6 heteroatoms. The minimum absolute atomic E-state index is 0.191. The molecule has 0 aliphatic heterocycles. The van der Waals surface area contributed by atoms with Crippen molar-refractivity contribution in [3.05, 3.63) is 42.5 Å². The number of nitrogens with one attached hydrogen (secondary N) is 1. The Morgan fingerprint density at radius 2 is 1.76 bits per heavy atom. The fourth-order valence-electron chi connectivity index (χ4n) is 1.80. The molecule has 0 saturated heterocycles. The number of rotatable bonds is 4. The lowest BCUT2D eigenvalue weighted by Crippen LogP contribution is -2.08. The van der Waals surface area contributed by atoms with E-state index in [2.05, 4.69) is 5.32 Å². The maximum atomic E-state index is 12.5. The van der Waals surface area contributed by atoms with Gasteiger partial charge >= 0.3 is 0 Å². The van der Waals surface area contributed by atoms with Crippen molar-refractivity contribution < 1.29 is 9.00 Å². The van der Waals surface area contributed by atoms with Crippen molar-refractivity contribution in [1.29, 1.82) is 0 Å². The Balaban J connectivity index is 2.26. The summed E-state index contributed by atoms with van der Waals surface area (Å²) >= 11 is 1.64. The van der Waals surface area contributed by atoms with E-state index in [1.807, 2.05) is 30.5 Å². The Hall–Kier alpha value is -1.79. The highest BCUT2D eigenvalue weighted by molar-refractivity contribution is 7.98. The zero-order valence-electron chi connectivity index (χ0n) is 11.8. The topological polar surface area (TPSA) is 72.2 Å². The second-order valence-electron chi connectivity index (χ2n) is 4.37. The third-order valence-corrected chi connectivity index (χ3v) is 4.95. The molecule has 0 aromatic heterocycles. The van der Waals surface area contributed by atoms with Gasteiger partial charge < -0.3 is 11.1 Å². The second-order valence-corrected chi connectivity index (χ2v) is 6.73. The van der Waals surface area contributed by atoms with Crippen LogP contribution in [0.4, 0.5) is 11.4 Å². The molecular formula is C15H16N2O2S2. The van der Waals surface area contributed by atoms with Crippen LogP contribution in [0.25, 0.3) is 0 Å². The van der Waals surface area contributed by atoms with E-state index < -0.39 is 10.8 Å². The van der Waals surface area contributed by atoms with Gasteiger partial charge in [0, 0.05) is 21.6 Å². The zero-order valence-corrected chi connectivity index (χ0v) is 13.4. The lowest BCUT2D eigenvalue weighted by atomic mass is 10.2. The predicted molar refractivity (Wildman–Crippen MR) is 88.1 cm³/mol. The number of hydrogen-bond donors (Lipinski definition) is 2. The molecule has 110 valence electrons. The first-order valence-electron chi connectivity index (χ1n) is 6.24. The van der Waals surface area contributed by atoms with Gasteiger partial charge in [-0.1, -0.05) is 0 Å². The van der Waals surface area contributed by atoms with Crippen LogP contribution in [0.1, 0.15) is 6.92 Å². The summed E-state index contributed by atoms with van der Waals surface area (Å²) in [5.74, 6) is -0.191. The molecule has 0 radical (unpaired) electrons. The average molecular weight is 320 g/mol. The average Bonchev–Trinajstić information content (AvgIpc) is 2.48. The molecule has 0 fully saturated rings. The van der Waals surface area contributed by atoms with Gasteiger partial charge in [-0.2, -0.15) is 0 Å². The maximum Gasteiger partial charge on any atom is 0.221 e. The van der Waals surface area contributed by atoms with E-state index in [1.165, 1.54) is 6.92 Å². The predicted octanol–water partition coefficient (Wildman–Crippen LogP) is 3.12. The first-order chi connectivity index (χ1) is 10.0. The number of nitrogen functional groups attached to an aromatic ring is 1. The summed E-state index contributed by atoms with van der Waals surface area (Å²) in [5, 5.41) is 2.63. The molecule has 4 nitrogen and oxygen atoms in total. The monoisotopic (exact) mass is 320 g/mol. The Labute approximate surface area is 130 Å². The van der Waals surface area contributed by atoms with Crippen molar-refractivity contribution in [3.8, 4) is 0 Å². The molecule has 2 aromatic rings. The van der Waals surface area contributed by atoms with Crippen molar-refractivity contribution in [3.63, 3.8) is 0 Å². The van der Waals surface area contributed by atoms with E-state index in [0.29, 0.717) is 16.3 Å². The first kappa shape index (κ1) is 15.6. The summed E-state index contributed by atoms with van der Waals surface area (Å²) < 4.78 is 12.5. The smallest absolute Gasteiger partial charge is 0.221 e. The Bertz CT molecular complexity index is 685. The van der Waals surface area contributed by atoms with E-state index >= 15 is 0 Å². The van der Waals surface area contributed by atoms with Gasteiger partial charge in [-0.05, 0) is 48.7 Å². The number of anilines is 2. The van der Waals surface area contributed by atoms with E-state index in [9.17, 15) is 9.00 Å². The van der Waals surface area contributed by atoms with Crippen LogP contribution in [0.15, 0.2) is 57.2 Å². The maximum absolute atomic E-state index is 12.5. The van der Waals surface area contributed by atoms with Gasteiger partial charge in [-0.25, -0.2) is 4.21 Å². The van der Waals surface area contributed by atoms with Crippen molar-refractivity contribution in [2.45, 2.75) is 21.6 Å². The number of carbonyl (C=O) groups is 1. The van der Waals surface area contributed by atoms with Crippen LogP contribution < -0.4 is 11.1 Å². The highest BCUT2D eigenvalue weighted by Gasteiger charge is 2.10. The third kappa shape index (κ3) is 3.86. The van der Waals surface area contributed by atoms with Crippen molar-refractivity contribution in [2.24, 2.45) is 0 Å². The molecule has 21 heavy (non-hydrogen) atoms. The summed E-state index contributed by atoms with van der Waals surface area (Å²) in [4.78, 5) is 13.5. The molecule has 1 amide bonds. The van der Waals surface area contributed by atoms with Gasteiger partial charge in [0.05, 0.1) is 22.2 Å². The van der Waals surface area contributed by atoms with Gasteiger partial charge in [0.25, 0.3) is 0 Å². The Morgan fingerprint density at radius 1 is 1.14 bits per heavy atom. The van der Waals surface area contributed by atoms with Gasteiger partial charge in [0.1, 0.15) is 0 Å². The SMILES string of the molecule is CSc1ccc(S(=O)c2ccc(NC(C)=O)c(N)c2)cc1. The van der Waals surface area contributed by atoms with Crippen LogP contribution in [0.2, 0.25) is 0 Å². The van der Waals surface area contributed by atoms with E-state index in [4.69, 9.17) is 5.73 Å². The molecule has 2 aromatic carbocycles. The number of carbonyl (C=O) groups excluding carboxylic acids is 1. The number of nitrogens with two attached hydrogens (primary N) is 1. The van der Waals surface area contributed by atoms with E-state index in [1.54, 1.807) is 30.0 Å². The van der Waals surface area contributed by atoms with Crippen LogP contribution >= 0.6 is 11.8 Å². The molecule has 0 aliphatic carbocycles. The van der Waals surface area contributed by atoms with E-state index in [-0.39, 0.29) is 5.91 Å². The number of hydrogen-bond acceptors (Lipinski definition) is 4. The lowest BCUT2D eigenvalue weighted by molar-refractivity contribution is -0.114. The number of benzene rings is 2. The standard InChI is InChI=1S/C15H16N2O2S2/c1-10(18)17-15-8-7-13(9-14(15)16)21(19)12-5-3-11(20-2)4-6-12/h3-9H,16H2,1-2H3,(H,17,18). The summed E-state index contributed by atoms with van der Waals surface area (Å²) in [7, 11) is -1.29. The summed E-state index contributed by atoms with van der Waals surface area (Å²) in [5.41, 5.74) is 6.81. The normalized spacial score (nSPS) is 11.9. The van der Waals surface area contributed by atoms with Crippen molar-refractivity contribution >= 4 is 39.8 Å². The van der Waals surface area contributed by atoms with Gasteiger partial charge in [-0.15, -0.1) is 11.8 Å². The van der Waals surface area contributed by atoms with Crippen molar-refractivity contribution in [1.82, 2.24) is 0 Å². The highest BCUT2D eigenvalue weighted by Crippen LogP contribution is 2.25. The van der Waals surface area contributed by atoms with Crippen LogP contribution in [-0.4, -0.2) is 16.4 Å². The van der Waals surface area contributed by atoms with Crippen LogP contribution in [0.3, 0.4) is 0 Å². The molecule has 2 rings (SSSR count). The largest absolute Gasteiger partial charge is 0.397 e. The van der Waals surface area contributed by atoms with Crippen LogP contribution in [-0.2, 0) is 15.6 Å². The molecule has 0 heterocycles. The van der Waals surface area contributed by atoms with E-state index in [0.717, 1.165) is 9.79 Å². The van der Waals surface area contributed by atoms with Gasteiger partial charge in [-0.3, -0.25) is 4.79 Å². The Morgan fingerprint density at radius 3 is 2.29 bits per heavy atom. The fraction of sp³-hybridized carbons (Fsp3) is 0.133. The lowest BCUT2D eigenvalue weighted by Gasteiger charge is -2.09. The van der Waals surface area contributed by atoms with Gasteiger partial charge in [0.2, 0.25) is 5.91 Å². The summed E-state index contributed by atoms with van der Waals surface area (Å²) in [6.07, 6.45) is 1.99. The molecule has 0 saturated carbocycles. The number of thioether (sulfide) groups is 1. The fourth-order valence-corrected chi connectivity index (χ4v) is 3.28. The molecule has 0 bridgehead atoms. The molecule has 3 N–H and O–H groups in total. The molecule has 1 unspecified atom stereocenters.